The number of benzene rings is 1. The van der Waals surface area contributed by atoms with Crippen LogP contribution in [0.4, 0.5) is 5.69 Å². The molecule has 3 nitrogen and oxygen atoms in total. The van der Waals surface area contributed by atoms with Gasteiger partial charge in [0.15, 0.2) is 0 Å². The van der Waals surface area contributed by atoms with Gasteiger partial charge in [-0.05, 0) is 26.1 Å². The monoisotopic (exact) mass is 286 g/mol. The van der Waals surface area contributed by atoms with Gasteiger partial charge in [0.25, 0.3) is 0 Å². The summed E-state index contributed by atoms with van der Waals surface area (Å²) in [4.78, 5) is 4.39. The van der Waals surface area contributed by atoms with Gasteiger partial charge in [-0.3, -0.25) is 0 Å². The minimum Gasteiger partial charge on any atom is -0.377 e. The van der Waals surface area contributed by atoms with Crippen LogP contribution in [0.3, 0.4) is 0 Å². The van der Waals surface area contributed by atoms with Crippen molar-refractivity contribution >= 4 is 5.69 Å². The van der Waals surface area contributed by atoms with E-state index < -0.39 is 5.60 Å². The summed E-state index contributed by atoms with van der Waals surface area (Å²) in [5.41, 5.74) is 0.285. The molecule has 0 unspecified atom stereocenters. The fraction of sp³-hybridized carbons (Fsp3) is 0.556. The first-order chi connectivity index (χ1) is 9.92. The number of nitrogens with zero attached hydrogens (tertiary/aromatic N) is 2. The van der Waals surface area contributed by atoms with Crippen molar-refractivity contribution in [2.45, 2.75) is 31.9 Å². The molecular weight excluding hydrogens is 260 g/mol. The lowest BCUT2D eigenvalue weighted by atomic mass is 9.79. The summed E-state index contributed by atoms with van der Waals surface area (Å²) in [5.74, 6) is 6.48. The smallest absolute Gasteiger partial charge is 0.130 e. The highest BCUT2D eigenvalue weighted by atomic mass is 16.3. The van der Waals surface area contributed by atoms with Crippen LogP contribution < -0.4 is 4.90 Å². The molecule has 1 aromatic carbocycles. The Hall–Kier alpha value is -1.50. The Bertz CT molecular complexity index is 519. The van der Waals surface area contributed by atoms with E-state index in [0.29, 0.717) is 19.0 Å². The van der Waals surface area contributed by atoms with Gasteiger partial charge in [-0.2, -0.15) is 0 Å². The standard InChI is InChI=1S/C18H26N2O/c1-15-14-20(4)16(2)13-18(15,21)11-8-12-19(3)17-9-6-5-7-10-17/h5-7,9-10,15-16,21H,12-14H2,1-4H3/t15-,16+,18-/m1/s1. The molecule has 2 rings (SSSR count). The van der Waals surface area contributed by atoms with Crippen LogP contribution in [0.1, 0.15) is 20.3 Å². The second-order valence-corrected chi connectivity index (χ2v) is 6.31. The second-order valence-electron chi connectivity index (χ2n) is 6.31. The van der Waals surface area contributed by atoms with Crippen LogP contribution in [-0.2, 0) is 0 Å². The average Bonchev–Trinajstić information content (AvgIpc) is 2.46. The van der Waals surface area contributed by atoms with Crippen molar-refractivity contribution in [3.8, 4) is 11.8 Å². The second kappa shape index (κ2) is 6.51. The van der Waals surface area contributed by atoms with Crippen molar-refractivity contribution in [2.75, 3.05) is 32.1 Å². The van der Waals surface area contributed by atoms with Gasteiger partial charge in [-0.25, -0.2) is 0 Å². The largest absolute Gasteiger partial charge is 0.377 e. The molecule has 1 fully saturated rings. The summed E-state index contributed by atoms with van der Waals surface area (Å²) in [6, 6.07) is 10.6. The zero-order chi connectivity index (χ0) is 15.5. The first-order valence-corrected chi connectivity index (χ1v) is 7.61. The highest BCUT2D eigenvalue weighted by Crippen LogP contribution is 2.30. The van der Waals surface area contributed by atoms with Crippen molar-refractivity contribution in [1.29, 1.82) is 0 Å². The van der Waals surface area contributed by atoms with Gasteiger partial charge in [0.05, 0.1) is 6.54 Å². The van der Waals surface area contributed by atoms with E-state index >= 15 is 0 Å². The normalized spacial score (nSPS) is 29.6. The molecule has 0 amide bonds. The van der Waals surface area contributed by atoms with Crippen molar-refractivity contribution in [3.05, 3.63) is 30.3 Å². The Kier molecular flexibility index (Phi) is 4.92. The lowest BCUT2D eigenvalue weighted by Crippen LogP contribution is -2.52. The molecular formula is C18H26N2O. The van der Waals surface area contributed by atoms with Gasteiger partial charge in [0, 0.05) is 37.7 Å². The minimum absolute atomic E-state index is 0.174. The van der Waals surface area contributed by atoms with E-state index in [1.165, 1.54) is 0 Å². The summed E-state index contributed by atoms with van der Waals surface area (Å²) in [7, 11) is 4.13. The van der Waals surface area contributed by atoms with Gasteiger partial charge in [0.1, 0.15) is 5.60 Å². The number of aliphatic hydroxyl groups is 1. The Morgan fingerprint density at radius 2 is 2.00 bits per heavy atom. The molecule has 1 heterocycles. The molecule has 3 heteroatoms. The zero-order valence-electron chi connectivity index (χ0n) is 13.5. The summed E-state index contributed by atoms with van der Waals surface area (Å²) in [6.45, 7) is 5.75. The molecule has 0 aromatic heterocycles. The Balaban J connectivity index is 2.01. The highest BCUT2D eigenvalue weighted by molar-refractivity contribution is 5.46. The first kappa shape index (κ1) is 15.9. The molecule has 0 radical (unpaired) electrons. The molecule has 114 valence electrons. The van der Waals surface area contributed by atoms with Crippen LogP contribution in [0.2, 0.25) is 0 Å². The van der Waals surface area contributed by atoms with Gasteiger partial charge < -0.3 is 14.9 Å². The predicted molar refractivity (Wildman–Crippen MR) is 88.3 cm³/mol. The van der Waals surface area contributed by atoms with Crippen LogP contribution in [0, 0.1) is 17.8 Å². The summed E-state index contributed by atoms with van der Waals surface area (Å²) < 4.78 is 0. The van der Waals surface area contributed by atoms with Crippen LogP contribution in [-0.4, -0.2) is 48.8 Å². The molecule has 1 aromatic rings. The fourth-order valence-corrected chi connectivity index (χ4v) is 2.83. The number of para-hydroxylation sites is 1. The quantitative estimate of drug-likeness (QED) is 0.845. The third-order valence-electron chi connectivity index (χ3n) is 4.55. The molecule has 1 saturated heterocycles. The van der Waals surface area contributed by atoms with E-state index in [0.717, 1.165) is 12.2 Å². The molecule has 0 bridgehead atoms. The Labute approximate surface area is 128 Å². The number of hydrogen-bond acceptors (Lipinski definition) is 3. The number of anilines is 1. The van der Waals surface area contributed by atoms with Crippen LogP contribution >= 0.6 is 0 Å². The van der Waals surface area contributed by atoms with Gasteiger partial charge in [-0.15, -0.1) is 0 Å². The predicted octanol–water partition coefficient (Wildman–Crippen LogP) is 2.22. The lowest BCUT2D eigenvalue weighted by Gasteiger charge is -2.42. The zero-order valence-corrected chi connectivity index (χ0v) is 13.5. The molecule has 1 aliphatic heterocycles. The van der Waals surface area contributed by atoms with Gasteiger partial charge >= 0.3 is 0 Å². The molecule has 0 spiro atoms. The van der Waals surface area contributed by atoms with Crippen molar-refractivity contribution < 1.29 is 5.11 Å². The van der Waals surface area contributed by atoms with Crippen LogP contribution in [0.5, 0.6) is 0 Å². The molecule has 0 saturated carbocycles. The maximum atomic E-state index is 10.8. The number of piperidine rings is 1. The van der Waals surface area contributed by atoms with Gasteiger partial charge in [-0.1, -0.05) is 37.0 Å². The van der Waals surface area contributed by atoms with E-state index in [2.05, 4.69) is 54.7 Å². The number of likely N-dealkylation sites (tertiary alicyclic amines) is 1. The molecule has 3 atom stereocenters. The number of rotatable bonds is 2. The van der Waals surface area contributed by atoms with E-state index in [9.17, 15) is 5.11 Å². The third-order valence-corrected chi connectivity index (χ3v) is 4.55. The van der Waals surface area contributed by atoms with Crippen molar-refractivity contribution in [3.63, 3.8) is 0 Å². The molecule has 1 N–H and O–H groups in total. The summed E-state index contributed by atoms with van der Waals surface area (Å²) in [5, 5.41) is 10.8. The summed E-state index contributed by atoms with van der Waals surface area (Å²) in [6.07, 6.45) is 0.715. The van der Waals surface area contributed by atoms with E-state index in [4.69, 9.17) is 0 Å². The topological polar surface area (TPSA) is 26.7 Å². The fourth-order valence-electron chi connectivity index (χ4n) is 2.83. The molecule has 0 aliphatic carbocycles. The lowest BCUT2D eigenvalue weighted by molar-refractivity contribution is -0.0347. The van der Waals surface area contributed by atoms with Crippen LogP contribution in [0.15, 0.2) is 30.3 Å². The van der Waals surface area contributed by atoms with E-state index in [-0.39, 0.29) is 5.92 Å². The molecule has 1 aliphatic rings. The summed E-state index contributed by atoms with van der Waals surface area (Å²) >= 11 is 0. The first-order valence-electron chi connectivity index (χ1n) is 7.61. The Morgan fingerprint density at radius 1 is 1.33 bits per heavy atom. The highest BCUT2D eigenvalue weighted by Gasteiger charge is 2.39. The van der Waals surface area contributed by atoms with E-state index in [1.807, 2.05) is 25.2 Å². The van der Waals surface area contributed by atoms with Crippen molar-refractivity contribution in [1.82, 2.24) is 4.90 Å². The van der Waals surface area contributed by atoms with Crippen molar-refractivity contribution in [2.24, 2.45) is 5.92 Å². The maximum Gasteiger partial charge on any atom is 0.130 e. The average molecular weight is 286 g/mol. The number of hydrogen-bond donors (Lipinski definition) is 1. The van der Waals surface area contributed by atoms with Crippen LogP contribution in [0.25, 0.3) is 0 Å². The van der Waals surface area contributed by atoms with Gasteiger partial charge in [0.2, 0.25) is 0 Å². The minimum atomic E-state index is -0.858. The Morgan fingerprint density at radius 3 is 2.67 bits per heavy atom. The van der Waals surface area contributed by atoms with E-state index in [1.54, 1.807) is 0 Å². The maximum absolute atomic E-state index is 10.8. The third kappa shape index (κ3) is 3.78. The molecule has 21 heavy (non-hydrogen) atoms. The SMILES string of the molecule is C[C@@H]1CN(C)[C@@H](C)C[C@]1(O)C#CCN(C)c1ccccc1.